The van der Waals surface area contributed by atoms with Crippen molar-refractivity contribution in [1.29, 1.82) is 0 Å². The molecular weight excluding hydrogens is 246 g/mol. The summed E-state index contributed by atoms with van der Waals surface area (Å²) in [6.07, 6.45) is 3.18. The maximum absolute atomic E-state index is 11.9. The molecule has 1 fully saturated rings. The molecule has 0 aliphatic heterocycles. The third-order valence-corrected chi connectivity index (χ3v) is 4.54. The lowest BCUT2D eigenvalue weighted by Crippen LogP contribution is -2.32. The Kier molecular flexibility index (Phi) is 4.05. The molecular formula is C14H21NO2S. The fourth-order valence-electron chi connectivity index (χ4n) is 2.12. The Morgan fingerprint density at radius 2 is 2.28 bits per heavy atom. The number of nitrogens with zero attached hydrogens (tertiary/aromatic N) is 1. The zero-order valence-corrected chi connectivity index (χ0v) is 12.3. The van der Waals surface area contributed by atoms with E-state index in [1.165, 1.54) is 6.42 Å². The molecule has 1 aliphatic rings. The molecule has 100 valence electrons. The number of rotatable bonds is 5. The normalized spacial score (nSPS) is 23.8. The molecule has 0 saturated heterocycles. The van der Waals surface area contributed by atoms with Crippen LogP contribution in [0.2, 0.25) is 0 Å². The molecule has 3 atom stereocenters. The largest absolute Gasteiger partial charge is 0.464 e. The quantitative estimate of drug-likeness (QED) is 0.822. The van der Waals surface area contributed by atoms with Crippen LogP contribution in [0.15, 0.2) is 16.5 Å². The maximum Gasteiger partial charge on any atom is 0.235 e. The van der Waals surface area contributed by atoms with E-state index in [0.29, 0.717) is 12.5 Å². The van der Waals surface area contributed by atoms with Gasteiger partial charge >= 0.3 is 0 Å². The second-order valence-corrected chi connectivity index (χ2v) is 6.37. The summed E-state index contributed by atoms with van der Waals surface area (Å²) in [7, 11) is 1.83. The Morgan fingerprint density at radius 1 is 1.61 bits per heavy atom. The predicted octanol–water partition coefficient (Wildman–Crippen LogP) is 3.11. The van der Waals surface area contributed by atoms with Crippen LogP contribution in [-0.2, 0) is 11.3 Å². The smallest absolute Gasteiger partial charge is 0.235 e. The van der Waals surface area contributed by atoms with Crippen LogP contribution in [0.5, 0.6) is 0 Å². The molecule has 1 saturated carbocycles. The minimum atomic E-state index is 0.00730. The SMILES string of the molecule is CS[C@H](C)C(=O)N(C)Cc1ccc([C@@H]2C[C@@H]2C)o1. The fraction of sp³-hybridized carbons (Fsp3) is 0.643. The molecule has 0 N–H and O–H groups in total. The van der Waals surface area contributed by atoms with Gasteiger partial charge in [0.25, 0.3) is 0 Å². The summed E-state index contributed by atoms with van der Waals surface area (Å²) in [4.78, 5) is 13.7. The number of amides is 1. The average Bonchev–Trinajstić information content (AvgIpc) is 2.90. The highest BCUT2D eigenvalue weighted by Gasteiger charge is 2.36. The van der Waals surface area contributed by atoms with E-state index in [0.717, 1.165) is 17.4 Å². The molecule has 0 spiro atoms. The van der Waals surface area contributed by atoms with Gasteiger partial charge in [-0.3, -0.25) is 4.79 Å². The molecule has 1 aliphatic carbocycles. The van der Waals surface area contributed by atoms with Gasteiger partial charge in [-0.1, -0.05) is 6.92 Å². The average molecular weight is 267 g/mol. The third-order valence-electron chi connectivity index (χ3n) is 3.63. The van der Waals surface area contributed by atoms with Crippen molar-refractivity contribution in [3.8, 4) is 0 Å². The van der Waals surface area contributed by atoms with Crippen LogP contribution in [0.4, 0.5) is 0 Å². The van der Waals surface area contributed by atoms with Gasteiger partial charge in [0.1, 0.15) is 11.5 Å². The summed E-state index contributed by atoms with van der Waals surface area (Å²) in [6, 6.07) is 4.05. The van der Waals surface area contributed by atoms with Crippen molar-refractivity contribution < 1.29 is 9.21 Å². The fourth-order valence-corrected chi connectivity index (χ4v) is 2.50. The zero-order valence-electron chi connectivity index (χ0n) is 11.5. The number of furan rings is 1. The zero-order chi connectivity index (χ0) is 13.3. The van der Waals surface area contributed by atoms with Gasteiger partial charge < -0.3 is 9.32 Å². The summed E-state index contributed by atoms with van der Waals surface area (Å²) in [6.45, 7) is 4.73. The van der Waals surface area contributed by atoms with E-state index in [2.05, 4.69) is 13.0 Å². The number of hydrogen-bond acceptors (Lipinski definition) is 3. The van der Waals surface area contributed by atoms with Crippen LogP contribution >= 0.6 is 11.8 Å². The molecule has 4 heteroatoms. The van der Waals surface area contributed by atoms with E-state index in [1.54, 1.807) is 16.7 Å². The van der Waals surface area contributed by atoms with Crippen LogP contribution in [0.25, 0.3) is 0 Å². The van der Waals surface area contributed by atoms with Crippen molar-refractivity contribution in [2.45, 2.75) is 38.0 Å². The first-order valence-corrected chi connectivity index (χ1v) is 7.68. The first kappa shape index (κ1) is 13.5. The van der Waals surface area contributed by atoms with Crippen molar-refractivity contribution in [2.24, 2.45) is 5.92 Å². The van der Waals surface area contributed by atoms with E-state index < -0.39 is 0 Å². The highest BCUT2D eigenvalue weighted by molar-refractivity contribution is 7.99. The van der Waals surface area contributed by atoms with Crippen molar-refractivity contribution in [3.05, 3.63) is 23.7 Å². The Labute approximate surface area is 113 Å². The van der Waals surface area contributed by atoms with Crippen LogP contribution in [-0.4, -0.2) is 29.4 Å². The van der Waals surface area contributed by atoms with Gasteiger partial charge in [-0.2, -0.15) is 11.8 Å². The van der Waals surface area contributed by atoms with E-state index >= 15 is 0 Å². The van der Waals surface area contributed by atoms with Crippen LogP contribution in [0.3, 0.4) is 0 Å². The van der Waals surface area contributed by atoms with Crippen LogP contribution in [0, 0.1) is 5.92 Å². The molecule has 1 aromatic rings. The lowest BCUT2D eigenvalue weighted by Gasteiger charge is -2.19. The monoisotopic (exact) mass is 267 g/mol. The highest BCUT2D eigenvalue weighted by atomic mass is 32.2. The van der Waals surface area contributed by atoms with Gasteiger partial charge in [0.15, 0.2) is 0 Å². The lowest BCUT2D eigenvalue weighted by atomic mass is 10.3. The Hall–Kier alpha value is -0.900. The summed E-state index contributed by atoms with van der Waals surface area (Å²) < 4.78 is 5.81. The van der Waals surface area contributed by atoms with E-state index in [-0.39, 0.29) is 11.2 Å². The molecule has 1 aromatic heterocycles. The van der Waals surface area contributed by atoms with Gasteiger partial charge in [-0.05, 0) is 37.7 Å². The van der Waals surface area contributed by atoms with E-state index in [9.17, 15) is 4.79 Å². The topological polar surface area (TPSA) is 33.5 Å². The van der Waals surface area contributed by atoms with Gasteiger partial charge in [0, 0.05) is 13.0 Å². The third kappa shape index (κ3) is 2.91. The van der Waals surface area contributed by atoms with E-state index in [4.69, 9.17) is 4.42 Å². The van der Waals surface area contributed by atoms with Gasteiger partial charge in [-0.25, -0.2) is 0 Å². The van der Waals surface area contributed by atoms with Crippen LogP contribution < -0.4 is 0 Å². The maximum atomic E-state index is 11.9. The van der Waals surface area contributed by atoms with Crippen molar-refractivity contribution in [1.82, 2.24) is 4.90 Å². The Balaban J connectivity index is 1.92. The molecule has 0 radical (unpaired) electrons. The minimum absolute atomic E-state index is 0.00730. The first-order chi connectivity index (χ1) is 8.52. The Bertz CT molecular complexity index is 429. The molecule has 1 heterocycles. The lowest BCUT2D eigenvalue weighted by molar-refractivity contribution is -0.129. The molecule has 0 bridgehead atoms. The van der Waals surface area contributed by atoms with Gasteiger partial charge in [-0.15, -0.1) is 0 Å². The summed E-state index contributed by atoms with van der Waals surface area (Å²) in [5, 5.41) is 0.00730. The van der Waals surface area contributed by atoms with Crippen LogP contribution in [0.1, 0.15) is 37.7 Å². The van der Waals surface area contributed by atoms with E-state index in [1.807, 2.05) is 26.3 Å². The summed E-state index contributed by atoms with van der Waals surface area (Å²) in [5.74, 6) is 3.47. The molecule has 18 heavy (non-hydrogen) atoms. The van der Waals surface area contributed by atoms with Crippen molar-refractivity contribution >= 4 is 17.7 Å². The molecule has 1 amide bonds. The highest BCUT2D eigenvalue weighted by Crippen LogP contribution is 2.47. The number of hydrogen-bond donors (Lipinski definition) is 0. The minimum Gasteiger partial charge on any atom is -0.464 e. The second-order valence-electron chi connectivity index (χ2n) is 5.20. The van der Waals surface area contributed by atoms with Crippen molar-refractivity contribution in [3.63, 3.8) is 0 Å². The number of carbonyl (C=O) groups excluding carboxylic acids is 1. The molecule has 0 unspecified atom stereocenters. The number of carbonyl (C=O) groups is 1. The second kappa shape index (κ2) is 5.39. The summed E-state index contributed by atoms with van der Waals surface area (Å²) >= 11 is 1.57. The first-order valence-electron chi connectivity index (χ1n) is 6.39. The van der Waals surface area contributed by atoms with Crippen molar-refractivity contribution in [2.75, 3.05) is 13.3 Å². The Morgan fingerprint density at radius 3 is 2.83 bits per heavy atom. The predicted molar refractivity (Wildman–Crippen MR) is 74.7 cm³/mol. The van der Waals surface area contributed by atoms with Gasteiger partial charge in [0.2, 0.25) is 5.91 Å². The molecule has 2 rings (SSSR count). The molecule has 0 aromatic carbocycles. The molecule has 3 nitrogen and oxygen atoms in total. The number of thioether (sulfide) groups is 1. The van der Waals surface area contributed by atoms with Gasteiger partial charge in [0.05, 0.1) is 11.8 Å². The standard InChI is InChI=1S/C14H21NO2S/c1-9-7-12(9)13-6-5-11(17-13)8-15(3)14(16)10(2)18-4/h5-6,9-10,12H,7-8H2,1-4H3/t9-,10+,12+/m0/s1. The summed E-state index contributed by atoms with van der Waals surface area (Å²) in [5.41, 5.74) is 0.